The average molecular weight is 420 g/mol. The monoisotopic (exact) mass is 420 g/mol. The Morgan fingerprint density at radius 2 is 2.10 bits per heavy atom. The van der Waals surface area contributed by atoms with Gasteiger partial charge in [-0.05, 0) is 31.0 Å². The van der Waals surface area contributed by atoms with E-state index < -0.39 is 5.97 Å². The summed E-state index contributed by atoms with van der Waals surface area (Å²) in [7, 11) is 1.34. The Bertz CT molecular complexity index is 1220. The standard InChI is InChI=1S/C22H24N6O3/c1-4-7-17-19(22(30)31-3)14(2)24-20(17)21(29)26-15-10-23-28(12-15)13-16-11-27-9-6-5-8-18(27)25-16/h5-6,8-12,24H,4,7,13H2,1-3H3,(H,26,29). The van der Waals surface area contributed by atoms with Crippen LogP contribution in [0.4, 0.5) is 5.69 Å². The Morgan fingerprint density at radius 3 is 2.84 bits per heavy atom. The zero-order chi connectivity index (χ0) is 22.0. The first-order chi connectivity index (χ1) is 15.0. The summed E-state index contributed by atoms with van der Waals surface area (Å²) in [5, 5.41) is 7.18. The molecule has 0 fully saturated rings. The summed E-state index contributed by atoms with van der Waals surface area (Å²) in [6.45, 7) is 4.23. The van der Waals surface area contributed by atoms with Crippen LogP contribution in [-0.4, -0.2) is 43.1 Å². The molecular formula is C22H24N6O3. The molecule has 0 saturated carbocycles. The van der Waals surface area contributed by atoms with Gasteiger partial charge in [0.05, 0.1) is 36.8 Å². The lowest BCUT2D eigenvalue weighted by Gasteiger charge is -2.06. The molecule has 0 bridgehead atoms. The molecule has 4 rings (SSSR count). The molecule has 0 radical (unpaired) electrons. The smallest absolute Gasteiger partial charge is 0.339 e. The number of nitrogens with one attached hydrogen (secondary N) is 2. The second-order valence-electron chi connectivity index (χ2n) is 7.30. The van der Waals surface area contributed by atoms with Crippen molar-refractivity contribution in [1.29, 1.82) is 0 Å². The van der Waals surface area contributed by atoms with Crippen LogP contribution in [0.25, 0.3) is 5.65 Å². The molecule has 0 aliphatic carbocycles. The summed E-state index contributed by atoms with van der Waals surface area (Å²) < 4.78 is 8.55. The number of carbonyl (C=O) groups is 2. The number of H-pyrrole nitrogens is 1. The highest BCUT2D eigenvalue weighted by Gasteiger charge is 2.25. The van der Waals surface area contributed by atoms with Crippen molar-refractivity contribution in [3.05, 3.63) is 71.2 Å². The van der Waals surface area contributed by atoms with Crippen molar-refractivity contribution in [2.24, 2.45) is 0 Å². The molecule has 31 heavy (non-hydrogen) atoms. The Labute approximate surface area is 179 Å². The van der Waals surface area contributed by atoms with E-state index in [9.17, 15) is 9.59 Å². The summed E-state index contributed by atoms with van der Waals surface area (Å²) in [6.07, 6.45) is 8.60. The largest absolute Gasteiger partial charge is 0.465 e. The summed E-state index contributed by atoms with van der Waals surface area (Å²) in [4.78, 5) is 32.7. The average Bonchev–Trinajstić information content (AvgIpc) is 3.45. The number of rotatable bonds is 7. The minimum absolute atomic E-state index is 0.325. The van der Waals surface area contributed by atoms with Gasteiger partial charge in [0, 0.05) is 24.3 Å². The van der Waals surface area contributed by atoms with Gasteiger partial charge >= 0.3 is 5.97 Å². The molecule has 4 heterocycles. The molecule has 0 aromatic carbocycles. The summed E-state index contributed by atoms with van der Waals surface area (Å²) in [5.41, 5.74) is 4.36. The topological polar surface area (TPSA) is 106 Å². The highest BCUT2D eigenvalue weighted by molar-refractivity contribution is 6.06. The van der Waals surface area contributed by atoms with Crippen LogP contribution >= 0.6 is 0 Å². The maximum atomic E-state index is 12.9. The second-order valence-corrected chi connectivity index (χ2v) is 7.30. The molecule has 0 aliphatic rings. The fourth-order valence-corrected chi connectivity index (χ4v) is 3.69. The molecule has 0 saturated heterocycles. The molecule has 2 N–H and O–H groups in total. The molecule has 0 aliphatic heterocycles. The fraction of sp³-hybridized carbons (Fsp3) is 0.273. The highest BCUT2D eigenvalue weighted by Crippen LogP contribution is 2.23. The summed E-state index contributed by atoms with van der Waals surface area (Å²) in [5.74, 6) is -0.773. The van der Waals surface area contributed by atoms with Crippen molar-refractivity contribution >= 4 is 23.2 Å². The minimum atomic E-state index is -0.448. The van der Waals surface area contributed by atoms with Crippen LogP contribution in [0.15, 0.2) is 43.0 Å². The van der Waals surface area contributed by atoms with Gasteiger partial charge in [-0.2, -0.15) is 5.10 Å². The van der Waals surface area contributed by atoms with Crippen molar-refractivity contribution in [3.63, 3.8) is 0 Å². The first kappa shape index (κ1) is 20.4. The maximum absolute atomic E-state index is 12.9. The molecule has 1 amide bonds. The molecule has 0 spiro atoms. The van der Waals surface area contributed by atoms with Crippen LogP contribution < -0.4 is 5.32 Å². The Balaban J connectivity index is 1.52. The number of nitrogens with zero attached hydrogens (tertiary/aromatic N) is 4. The SMILES string of the molecule is CCCc1c(C(=O)Nc2cnn(Cc3cn4ccccc4n3)c2)[nH]c(C)c1C(=O)OC. The lowest BCUT2D eigenvalue weighted by Crippen LogP contribution is -2.15. The van der Waals surface area contributed by atoms with Crippen LogP contribution in [0.1, 0.15) is 51.1 Å². The van der Waals surface area contributed by atoms with Crippen LogP contribution in [0.2, 0.25) is 0 Å². The number of ether oxygens (including phenoxy) is 1. The number of anilines is 1. The third kappa shape index (κ3) is 4.07. The van der Waals surface area contributed by atoms with E-state index in [0.717, 1.165) is 17.8 Å². The molecule has 160 valence electrons. The quantitative estimate of drug-likeness (QED) is 0.447. The summed E-state index contributed by atoms with van der Waals surface area (Å²) in [6, 6.07) is 5.82. The number of methoxy groups -OCH3 is 1. The van der Waals surface area contributed by atoms with E-state index in [1.807, 2.05) is 41.9 Å². The second kappa shape index (κ2) is 8.47. The maximum Gasteiger partial charge on any atom is 0.339 e. The van der Waals surface area contributed by atoms with Gasteiger partial charge in [0.25, 0.3) is 5.91 Å². The molecule has 9 nitrogen and oxygen atoms in total. The fourth-order valence-electron chi connectivity index (χ4n) is 3.69. The number of imidazole rings is 1. The van der Waals surface area contributed by atoms with Gasteiger partial charge in [-0.1, -0.05) is 19.4 Å². The summed E-state index contributed by atoms with van der Waals surface area (Å²) >= 11 is 0. The van der Waals surface area contributed by atoms with Crippen LogP contribution in [0.3, 0.4) is 0 Å². The first-order valence-corrected chi connectivity index (χ1v) is 10.1. The van der Waals surface area contributed by atoms with E-state index >= 15 is 0 Å². The van der Waals surface area contributed by atoms with Crippen LogP contribution in [0, 0.1) is 6.92 Å². The molecular weight excluding hydrogens is 396 g/mol. The van der Waals surface area contributed by atoms with Crippen molar-refractivity contribution in [2.45, 2.75) is 33.2 Å². The first-order valence-electron chi connectivity index (χ1n) is 10.1. The number of carbonyl (C=O) groups excluding carboxylic acids is 2. The molecule has 4 aromatic rings. The number of hydrogen-bond acceptors (Lipinski definition) is 5. The van der Waals surface area contributed by atoms with E-state index in [-0.39, 0.29) is 5.91 Å². The van der Waals surface area contributed by atoms with Crippen molar-refractivity contribution in [1.82, 2.24) is 24.1 Å². The zero-order valence-electron chi connectivity index (χ0n) is 17.7. The lowest BCUT2D eigenvalue weighted by atomic mass is 10.0. The Hall–Kier alpha value is -3.88. The van der Waals surface area contributed by atoms with E-state index in [4.69, 9.17) is 4.74 Å². The van der Waals surface area contributed by atoms with Crippen LogP contribution in [-0.2, 0) is 17.7 Å². The number of pyridine rings is 1. The predicted octanol–water partition coefficient (Wildman–Crippen LogP) is 3.21. The van der Waals surface area contributed by atoms with Crippen LogP contribution in [0.5, 0.6) is 0 Å². The zero-order valence-corrected chi connectivity index (χ0v) is 17.7. The Kier molecular flexibility index (Phi) is 5.57. The van der Waals surface area contributed by atoms with Gasteiger partial charge in [-0.3, -0.25) is 9.48 Å². The van der Waals surface area contributed by atoms with Crippen molar-refractivity contribution < 1.29 is 14.3 Å². The number of amides is 1. The van der Waals surface area contributed by atoms with Gasteiger partial charge in [0.2, 0.25) is 0 Å². The Morgan fingerprint density at radius 1 is 1.26 bits per heavy atom. The van der Waals surface area contributed by atoms with E-state index in [1.54, 1.807) is 24.0 Å². The van der Waals surface area contributed by atoms with E-state index in [0.29, 0.717) is 41.2 Å². The molecule has 0 atom stereocenters. The number of aromatic nitrogens is 5. The van der Waals surface area contributed by atoms with Crippen molar-refractivity contribution in [2.75, 3.05) is 12.4 Å². The molecule has 9 heteroatoms. The van der Waals surface area contributed by atoms with Gasteiger partial charge in [0.15, 0.2) is 0 Å². The number of hydrogen-bond donors (Lipinski definition) is 2. The third-order valence-electron chi connectivity index (χ3n) is 5.04. The third-order valence-corrected chi connectivity index (χ3v) is 5.04. The van der Waals surface area contributed by atoms with Gasteiger partial charge < -0.3 is 19.4 Å². The molecule has 0 unspecified atom stereocenters. The van der Waals surface area contributed by atoms with E-state index in [2.05, 4.69) is 20.4 Å². The number of esters is 1. The minimum Gasteiger partial charge on any atom is -0.465 e. The molecule has 4 aromatic heterocycles. The number of fused-ring (bicyclic) bond motifs is 1. The van der Waals surface area contributed by atoms with E-state index in [1.165, 1.54) is 7.11 Å². The highest BCUT2D eigenvalue weighted by atomic mass is 16.5. The number of aromatic amines is 1. The van der Waals surface area contributed by atoms with Gasteiger partial charge in [-0.15, -0.1) is 0 Å². The lowest BCUT2D eigenvalue weighted by molar-refractivity contribution is 0.0599. The van der Waals surface area contributed by atoms with Crippen molar-refractivity contribution in [3.8, 4) is 0 Å². The predicted molar refractivity (Wildman–Crippen MR) is 115 cm³/mol. The van der Waals surface area contributed by atoms with Gasteiger partial charge in [-0.25, -0.2) is 9.78 Å². The number of aryl methyl sites for hydroxylation is 1. The normalized spacial score (nSPS) is 11.1. The van der Waals surface area contributed by atoms with Gasteiger partial charge in [0.1, 0.15) is 11.3 Å².